The van der Waals surface area contributed by atoms with Gasteiger partial charge in [-0.3, -0.25) is 19.7 Å². The first-order chi connectivity index (χ1) is 13.1. The quantitative estimate of drug-likeness (QED) is 0.644. The van der Waals surface area contributed by atoms with E-state index < -0.39 is 6.04 Å². The zero-order valence-corrected chi connectivity index (χ0v) is 15.2. The molecule has 5 rings (SSSR count). The second kappa shape index (κ2) is 6.14. The fraction of sp³-hybridized carbons (Fsp3) is 0.550. The smallest absolute Gasteiger partial charge is 0.255 e. The highest BCUT2D eigenvalue weighted by Gasteiger charge is 2.56. The second-order valence-corrected chi connectivity index (χ2v) is 8.39. The maximum absolute atomic E-state index is 12.8. The van der Waals surface area contributed by atoms with Gasteiger partial charge in [0.25, 0.3) is 5.91 Å². The summed E-state index contributed by atoms with van der Waals surface area (Å²) in [6.07, 6.45) is 2.00. The largest absolute Gasteiger partial charge is 0.322 e. The third-order valence-electron chi connectivity index (χ3n) is 6.63. The van der Waals surface area contributed by atoms with Gasteiger partial charge in [0.1, 0.15) is 6.04 Å². The topological polar surface area (TPSA) is 90.5 Å². The third-order valence-corrected chi connectivity index (χ3v) is 6.63. The molecule has 1 saturated carbocycles. The molecular formula is C20H24N4O3. The lowest BCUT2D eigenvalue weighted by Gasteiger charge is -2.29. The van der Waals surface area contributed by atoms with Crippen LogP contribution >= 0.6 is 0 Å². The van der Waals surface area contributed by atoms with Gasteiger partial charge in [0.2, 0.25) is 11.8 Å². The molecule has 3 unspecified atom stereocenters. The van der Waals surface area contributed by atoms with Crippen LogP contribution in [0.5, 0.6) is 0 Å². The van der Waals surface area contributed by atoms with Crippen LogP contribution in [0.1, 0.15) is 40.7 Å². The van der Waals surface area contributed by atoms with Gasteiger partial charge in [0.05, 0.1) is 0 Å². The molecule has 3 heterocycles. The molecule has 3 aliphatic heterocycles. The van der Waals surface area contributed by atoms with E-state index in [1.165, 1.54) is 6.42 Å². The molecule has 7 heteroatoms. The summed E-state index contributed by atoms with van der Waals surface area (Å²) in [5.41, 5.74) is 3.18. The Labute approximate surface area is 157 Å². The fourth-order valence-corrected chi connectivity index (χ4v) is 4.88. The van der Waals surface area contributed by atoms with Gasteiger partial charge in [-0.25, -0.2) is 0 Å². The van der Waals surface area contributed by atoms with Crippen LogP contribution in [0, 0.1) is 11.3 Å². The van der Waals surface area contributed by atoms with Crippen molar-refractivity contribution in [3.63, 3.8) is 0 Å². The lowest BCUT2D eigenvalue weighted by atomic mass is 10.0. The van der Waals surface area contributed by atoms with E-state index in [4.69, 9.17) is 0 Å². The molecule has 3 atom stereocenters. The maximum atomic E-state index is 12.8. The van der Waals surface area contributed by atoms with E-state index in [0.29, 0.717) is 23.9 Å². The molecular weight excluding hydrogens is 344 g/mol. The number of carbonyl (C=O) groups is 3. The highest BCUT2D eigenvalue weighted by atomic mass is 16.2. The van der Waals surface area contributed by atoms with Crippen LogP contribution in [0.15, 0.2) is 18.2 Å². The lowest BCUT2D eigenvalue weighted by molar-refractivity contribution is -0.136. The predicted octanol–water partition coefficient (Wildman–Crippen LogP) is 0.147. The Kier molecular flexibility index (Phi) is 3.84. The van der Waals surface area contributed by atoms with Crippen molar-refractivity contribution in [1.29, 1.82) is 0 Å². The first-order valence-electron chi connectivity index (χ1n) is 9.74. The minimum absolute atomic E-state index is 0.109. The summed E-state index contributed by atoms with van der Waals surface area (Å²) < 4.78 is 0. The Bertz CT molecular complexity index is 839. The van der Waals surface area contributed by atoms with Crippen LogP contribution in [-0.2, 0) is 22.7 Å². The molecule has 3 amide bonds. The van der Waals surface area contributed by atoms with Crippen molar-refractivity contribution in [2.75, 3.05) is 19.6 Å². The van der Waals surface area contributed by atoms with Crippen LogP contribution < -0.4 is 16.0 Å². The Morgan fingerprint density at radius 2 is 2.15 bits per heavy atom. The van der Waals surface area contributed by atoms with Crippen molar-refractivity contribution in [1.82, 2.24) is 20.9 Å². The molecule has 3 fully saturated rings. The Hall–Kier alpha value is -2.25. The molecule has 1 aromatic carbocycles. The Morgan fingerprint density at radius 3 is 2.89 bits per heavy atom. The molecule has 7 nitrogen and oxygen atoms in total. The number of piperidine rings is 2. The molecule has 27 heavy (non-hydrogen) atoms. The van der Waals surface area contributed by atoms with Gasteiger partial charge in [-0.1, -0.05) is 12.1 Å². The first kappa shape index (κ1) is 16.9. The molecule has 0 aromatic heterocycles. The number of rotatable bonds is 5. The summed E-state index contributed by atoms with van der Waals surface area (Å²) in [7, 11) is 0. The fourth-order valence-electron chi connectivity index (χ4n) is 4.88. The summed E-state index contributed by atoms with van der Waals surface area (Å²) >= 11 is 0. The second-order valence-electron chi connectivity index (χ2n) is 8.39. The normalized spacial score (nSPS) is 31.7. The molecule has 0 bridgehead atoms. The average Bonchev–Trinajstić information content (AvgIpc) is 3.02. The van der Waals surface area contributed by atoms with Gasteiger partial charge in [-0.05, 0) is 47.9 Å². The SMILES string of the molecule is O=C1CCC(N2Cc3ccc(CNCC45CNCC4C5)cc3C2=O)C(=O)N1. The van der Waals surface area contributed by atoms with Crippen molar-refractivity contribution in [3.8, 4) is 0 Å². The van der Waals surface area contributed by atoms with Gasteiger partial charge in [0.15, 0.2) is 0 Å². The highest BCUT2D eigenvalue weighted by molar-refractivity contribution is 6.05. The molecule has 142 valence electrons. The maximum Gasteiger partial charge on any atom is 0.255 e. The number of benzene rings is 1. The first-order valence-corrected chi connectivity index (χ1v) is 9.74. The van der Waals surface area contributed by atoms with Crippen molar-refractivity contribution < 1.29 is 14.4 Å². The van der Waals surface area contributed by atoms with Crippen molar-refractivity contribution in [3.05, 3.63) is 34.9 Å². The monoisotopic (exact) mass is 368 g/mol. The minimum Gasteiger partial charge on any atom is -0.322 e. The van der Waals surface area contributed by atoms with E-state index >= 15 is 0 Å². The molecule has 1 aromatic rings. The van der Waals surface area contributed by atoms with E-state index in [1.54, 1.807) is 4.90 Å². The average molecular weight is 368 g/mol. The van der Waals surface area contributed by atoms with Gasteiger partial charge in [-0.2, -0.15) is 0 Å². The minimum atomic E-state index is -0.551. The molecule has 0 spiro atoms. The highest BCUT2D eigenvalue weighted by Crippen LogP contribution is 2.54. The number of fused-ring (bicyclic) bond motifs is 2. The lowest BCUT2D eigenvalue weighted by Crippen LogP contribution is -2.52. The van der Waals surface area contributed by atoms with Gasteiger partial charge in [0, 0.05) is 38.2 Å². The van der Waals surface area contributed by atoms with Crippen LogP contribution in [0.25, 0.3) is 0 Å². The molecule has 4 aliphatic rings. The zero-order chi connectivity index (χ0) is 18.6. The molecule has 3 N–H and O–H groups in total. The number of amides is 3. The number of hydrogen-bond acceptors (Lipinski definition) is 5. The van der Waals surface area contributed by atoms with Crippen LogP contribution in [0.2, 0.25) is 0 Å². The summed E-state index contributed by atoms with van der Waals surface area (Å²) in [6, 6.07) is 5.45. The van der Waals surface area contributed by atoms with Crippen molar-refractivity contribution in [2.24, 2.45) is 11.3 Å². The van der Waals surface area contributed by atoms with Crippen LogP contribution in [0.3, 0.4) is 0 Å². The van der Waals surface area contributed by atoms with Crippen LogP contribution in [-0.4, -0.2) is 48.3 Å². The molecule has 1 aliphatic carbocycles. The standard InChI is InChI=1S/C20H24N4O3/c25-17-4-3-16(18(26)23-17)24-9-13-2-1-12(5-15(13)19(24)27)7-21-10-20-6-14(20)8-22-11-20/h1-2,5,14,16,21-22H,3-4,6-11H2,(H,23,25,26). The van der Waals surface area contributed by atoms with Gasteiger partial charge >= 0.3 is 0 Å². The number of carbonyl (C=O) groups excluding carboxylic acids is 3. The zero-order valence-electron chi connectivity index (χ0n) is 15.2. The Morgan fingerprint density at radius 1 is 1.26 bits per heavy atom. The van der Waals surface area contributed by atoms with Crippen molar-refractivity contribution >= 4 is 17.7 Å². The number of hydrogen-bond donors (Lipinski definition) is 3. The van der Waals surface area contributed by atoms with Gasteiger partial charge < -0.3 is 15.5 Å². The van der Waals surface area contributed by atoms with E-state index in [-0.39, 0.29) is 24.1 Å². The van der Waals surface area contributed by atoms with E-state index in [2.05, 4.69) is 22.0 Å². The van der Waals surface area contributed by atoms with E-state index in [1.807, 2.05) is 12.1 Å². The van der Waals surface area contributed by atoms with Crippen molar-refractivity contribution in [2.45, 2.75) is 38.4 Å². The summed E-state index contributed by atoms with van der Waals surface area (Å²) in [6.45, 7) is 4.44. The number of nitrogens with one attached hydrogen (secondary N) is 3. The summed E-state index contributed by atoms with van der Waals surface area (Å²) in [5, 5.41) is 9.34. The number of imide groups is 1. The molecule has 0 radical (unpaired) electrons. The summed E-state index contributed by atoms with van der Waals surface area (Å²) in [4.78, 5) is 37.9. The van der Waals surface area contributed by atoms with E-state index in [0.717, 1.165) is 43.2 Å². The Balaban J connectivity index is 1.24. The van der Waals surface area contributed by atoms with Crippen LogP contribution in [0.4, 0.5) is 0 Å². The van der Waals surface area contributed by atoms with E-state index in [9.17, 15) is 14.4 Å². The third kappa shape index (κ3) is 2.85. The summed E-state index contributed by atoms with van der Waals surface area (Å²) in [5.74, 6) is 0.0946. The molecule has 2 saturated heterocycles. The predicted molar refractivity (Wildman–Crippen MR) is 97.6 cm³/mol. The number of nitrogens with zero attached hydrogens (tertiary/aromatic N) is 1. The van der Waals surface area contributed by atoms with Gasteiger partial charge in [-0.15, -0.1) is 0 Å².